The predicted octanol–water partition coefficient (Wildman–Crippen LogP) is 3.34. The number of carbonyl (C=O) groups is 2. The van der Waals surface area contributed by atoms with E-state index in [1.807, 2.05) is 0 Å². The highest BCUT2D eigenvalue weighted by Crippen LogP contribution is 2.24. The highest BCUT2D eigenvalue weighted by molar-refractivity contribution is 5.95. The van der Waals surface area contributed by atoms with Gasteiger partial charge in [0.25, 0.3) is 5.91 Å². The lowest BCUT2D eigenvalue weighted by atomic mass is 9.94. The third-order valence-corrected chi connectivity index (χ3v) is 3.91. The van der Waals surface area contributed by atoms with E-state index in [0.717, 1.165) is 5.56 Å². The Morgan fingerprint density at radius 2 is 1.72 bits per heavy atom. The summed E-state index contributed by atoms with van der Waals surface area (Å²) in [5.41, 5.74) is 0.162. The quantitative estimate of drug-likeness (QED) is 0.842. The fourth-order valence-electron chi connectivity index (χ4n) is 2.13. The van der Waals surface area contributed by atoms with Crippen LogP contribution in [0.3, 0.4) is 0 Å². The van der Waals surface area contributed by atoms with Crippen LogP contribution in [-0.4, -0.2) is 30.6 Å². The fraction of sp³-hybridized carbons (Fsp3) is 0.263. The van der Waals surface area contributed by atoms with Gasteiger partial charge in [-0.25, -0.2) is 4.39 Å². The van der Waals surface area contributed by atoms with Crippen LogP contribution in [0.2, 0.25) is 0 Å². The zero-order chi connectivity index (χ0) is 18.6. The fourth-order valence-corrected chi connectivity index (χ4v) is 2.13. The second-order valence-corrected chi connectivity index (χ2v) is 6.29. The standard InChI is InChI=1S/C19H20FNO4/c1-19(2,18(23)24)11-21-17(22)15-9-6-13(10-16(15)20)12-4-7-14(25-3)8-5-12/h4-10H,11H2,1-3H3,(H,21,22)(H,23,24). The van der Waals surface area contributed by atoms with Crippen molar-refractivity contribution in [3.63, 3.8) is 0 Å². The Balaban J connectivity index is 2.15. The monoisotopic (exact) mass is 345 g/mol. The van der Waals surface area contributed by atoms with E-state index in [0.29, 0.717) is 11.3 Å². The van der Waals surface area contributed by atoms with Crippen LogP contribution in [0.4, 0.5) is 4.39 Å². The first-order valence-corrected chi connectivity index (χ1v) is 7.70. The second-order valence-electron chi connectivity index (χ2n) is 6.29. The van der Waals surface area contributed by atoms with Crippen molar-refractivity contribution < 1.29 is 23.8 Å². The molecule has 132 valence electrons. The zero-order valence-corrected chi connectivity index (χ0v) is 14.3. The molecule has 0 heterocycles. The van der Waals surface area contributed by atoms with Crippen LogP contribution in [0.5, 0.6) is 5.75 Å². The molecule has 6 heteroatoms. The molecule has 0 fully saturated rings. The van der Waals surface area contributed by atoms with Crippen molar-refractivity contribution in [3.05, 3.63) is 53.8 Å². The molecule has 2 rings (SSSR count). The SMILES string of the molecule is COc1ccc(-c2ccc(C(=O)NCC(C)(C)C(=O)O)c(F)c2)cc1. The summed E-state index contributed by atoms with van der Waals surface area (Å²) in [6, 6.07) is 11.4. The van der Waals surface area contributed by atoms with Crippen molar-refractivity contribution >= 4 is 11.9 Å². The van der Waals surface area contributed by atoms with Crippen LogP contribution in [0.1, 0.15) is 24.2 Å². The number of carbonyl (C=O) groups excluding carboxylic acids is 1. The molecule has 0 aromatic heterocycles. The minimum absolute atomic E-state index is 0.0964. The molecule has 25 heavy (non-hydrogen) atoms. The maximum absolute atomic E-state index is 14.3. The van der Waals surface area contributed by atoms with Crippen LogP contribution < -0.4 is 10.1 Å². The molecule has 0 spiro atoms. The molecule has 0 saturated heterocycles. The molecule has 0 aliphatic rings. The zero-order valence-electron chi connectivity index (χ0n) is 14.3. The van der Waals surface area contributed by atoms with E-state index in [4.69, 9.17) is 9.84 Å². The summed E-state index contributed by atoms with van der Waals surface area (Å²) >= 11 is 0. The molecular formula is C19H20FNO4. The van der Waals surface area contributed by atoms with Gasteiger partial charge in [-0.2, -0.15) is 0 Å². The minimum atomic E-state index is -1.13. The van der Waals surface area contributed by atoms with Gasteiger partial charge in [0.05, 0.1) is 18.1 Å². The van der Waals surface area contributed by atoms with Crippen molar-refractivity contribution in [2.24, 2.45) is 5.41 Å². The molecule has 2 aromatic rings. The van der Waals surface area contributed by atoms with Gasteiger partial charge in [-0.05, 0) is 49.2 Å². The molecule has 2 N–H and O–H groups in total. The van der Waals surface area contributed by atoms with Crippen LogP contribution in [0.25, 0.3) is 11.1 Å². The van der Waals surface area contributed by atoms with E-state index in [-0.39, 0.29) is 12.1 Å². The van der Waals surface area contributed by atoms with Crippen LogP contribution in [0, 0.1) is 11.2 Å². The third-order valence-electron chi connectivity index (χ3n) is 3.91. The van der Waals surface area contributed by atoms with Gasteiger partial charge in [0.1, 0.15) is 11.6 Å². The number of rotatable bonds is 6. The Morgan fingerprint density at radius 1 is 1.12 bits per heavy atom. The van der Waals surface area contributed by atoms with Crippen LogP contribution in [0.15, 0.2) is 42.5 Å². The normalized spacial score (nSPS) is 11.0. The number of nitrogens with one attached hydrogen (secondary N) is 1. The molecule has 0 aliphatic carbocycles. The minimum Gasteiger partial charge on any atom is -0.497 e. The van der Waals surface area contributed by atoms with Crippen LogP contribution in [-0.2, 0) is 4.79 Å². The average molecular weight is 345 g/mol. The van der Waals surface area contributed by atoms with E-state index < -0.39 is 23.1 Å². The molecule has 0 saturated carbocycles. The molecule has 0 unspecified atom stereocenters. The van der Waals surface area contributed by atoms with Gasteiger partial charge < -0.3 is 15.2 Å². The van der Waals surface area contributed by atoms with E-state index >= 15 is 0 Å². The lowest BCUT2D eigenvalue weighted by Crippen LogP contribution is -2.39. The topological polar surface area (TPSA) is 75.6 Å². The first-order chi connectivity index (χ1) is 11.7. The summed E-state index contributed by atoms with van der Waals surface area (Å²) in [6.07, 6.45) is 0. The first-order valence-electron chi connectivity index (χ1n) is 7.70. The smallest absolute Gasteiger partial charge is 0.310 e. The number of carboxylic acid groups (broad SMARTS) is 1. The van der Waals surface area contributed by atoms with Crippen LogP contribution >= 0.6 is 0 Å². The molecule has 2 aromatic carbocycles. The number of methoxy groups -OCH3 is 1. The maximum atomic E-state index is 14.3. The van der Waals surface area contributed by atoms with Gasteiger partial charge >= 0.3 is 5.97 Å². The van der Waals surface area contributed by atoms with Gasteiger partial charge in [-0.1, -0.05) is 18.2 Å². The van der Waals surface area contributed by atoms with E-state index in [1.165, 1.54) is 26.0 Å². The Labute approximate surface area is 145 Å². The summed E-state index contributed by atoms with van der Waals surface area (Å²) in [5.74, 6) is -1.66. The van der Waals surface area contributed by atoms with Crippen molar-refractivity contribution in [3.8, 4) is 16.9 Å². The van der Waals surface area contributed by atoms with E-state index in [1.54, 1.807) is 37.4 Å². The molecule has 0 bridgehead atoms. The van der Waals surface area contributed by atoms with E-state index in [2.05, 4.69) is 5.32 Å². The summed E-state index contributed by atoms with van der Waals surface area (Å²) in [4.78, 5) is 23.2. The number of carboxylic acids is 1. The number of ether oxygens (including phenoxy) is 1. The van der Waals surface area contributed by atoms with Gasteiger partial charge in [-0.15, -0.1) is 0 Å². The molecule has 1 amide bonds. The Kier molecular flexibility index (Phi) is 5.41. The first kappa shape index (κ1) is 18.4. The molecular weight excluding hydrogens is 325 g/mol. The molecule has 0 radical (unpaired) electrons. The highest BCUT2D eigenvalue weighted by atomic mass is 19.1. The van der Waals surface area contributed by atoms with Crippen molar-refractivity contribution in [2.45, 2.75) is 13.8 Å². The molecule has 5 nitrogen and oxygen atoms in total. The van der Waals surface area contributed by atoms with Crippen molar-refractivity contribution in [2.75, 3.05) is 13.7 Å². The number of hydrogen-bond acceptors (Lipinski definition) is 3. The van der Waals surface area contributed by atoms with E-state index in [9.17, 15) is 14.0 Å². The van der Waals surface area contributed by atoms with Crippen molar-refractivity contribution in [1.82, 2.24) is 5.32 Å². The highest BCUT2D eigenvalue weighted by Gasteiger charge is 2.28. The number of halogens is 1. The van der Waals surface area contributed by atoms with Gasteiger partial charge in [0.15, 0.2) is 0 Å². The van der Waals surface area contributed by atoms with Gasteiger partial charge in [0.2, 0.25) is 0 Å². The summed E-state index contributed by atoms with van der Waals surface area (Å²) in [6.45, 7) is 2.87. The van der Waals surface area contributed by atoms with Gasteiger partial charge in [0, 0.05) is 6.54 Å². The summed E-state index contributed by atoms with van der Waals surface area (Å²) in [7, 11) is 1.56. The Hall–Kier alpha value is -2.89. The third kappa shape index (κ3) is 4.35. The average Bonchev–Trinajstić information content (AvgIpc) is 2.59. The Bertz CT molecular complexity index is 785. The number of hydrogen-bond donors (Lipinski definition) is 2. The van der Waals surface area contributed by atoms with Gasteiger partial charge in [-0.3, -0.25) is 9.59 Å². The number of aliphatic carboxylic acids is 1. The number of amides is 1. The maximum Gasteiger partial charge on any atom is 0.310 e. The summed E-state index contributed by atoms with van der Waals surface area (Å²) in [5, 5.41) is 11.5. The lowest BCUT2D eigenvalue weighted by molar-refractivity contribution is -0.146. The number of benzene rings is 2. The Morgan fingerprint density at radius 3 is 2.24 bits per heavy atom. The second kappa shape index (κ2) is 7.34. The largest absolute Gasteiger partial charge is 0.497 e. The lowest BCUT2D eigenvalue weighted by Gasteiger charge is -2.19. The van der Waals surface area contributed by atoms with Crippen molar-refractivity contribution in [1.29, 1.82) is 0 Å². The summed E-state index contributed by atoms with van der Waals surface area (Å²) < 4.78 is 19.4. The molecule has 0 atom stereocenters. The predicted molar refractivity (Wildman–Crippen MR) is 92.1 cm³/mol. The molecule has 0 aliphatic heterocycles.